The van der Waals surface area contributed by atoms with Crippen LogP contribution in [0.25, 0.3) is 0 Å². The molecule has 5 heteroatoms. The lowest BCUT2D eigenvalue weighted by Crippen LogP contribution is -2.40. The van der Waals surface area contributed by atoms with Crippen molar-refractivity contribution in [1.82, 2.24) is 15.2 Å². The van der Waals surface area contributed by atoms with Gasteiger partial charge in [0.05, 0.1) is 0 Å². The van der Waals surface area contributed by atoms with Crippen molar-refractivity contribution in [3.05, 3.63) is 59.4 Å². The molecule has 1 saturated carbocycles. The molecule has 0 bridgehead atoms. The fraction of sp³-hybridized carbons (Fsp3) is 0.353. The highest BCUT2D eigenvalue weighted by molar-refractivity contribution is 6.30. The van der Waals surface area contributed by atoms with Crippen LogP contribution in [-0.4, -0.2) is 30.2 Å². The molecule has 1 aromatic carbocycles. The molecule has 1 heterocycles. The molecule has 1 aliphatic carbocycles. The Bertz CT molecular complexity index is 636. The number of hydrogen-bond acceptors (Lipinski definition) is 1. The van der Waals surface area contributed by atoms with Crippen LogP contribution in [0.15, 0.2) is 53.8 Å². The minimum atomic E-state index is 0.441. The number of rotatable bonds is 5. The normalized spacial score (nSPS) is 20.7. The van der Waals surface area contributed by atoms with Gasteiger partial charge in [0.2, 0.25) is 0 Å². The summed E-state index contributed by atoms with van der Waals surface area (Å²) in [6.45, 7) is 1.78. The van der Waals surface area contributed by atoms with Gasteiger partial charge in [-0.3, -0.25) is 4.99 Å². The van der Waals surface area contributed by atoms with Gasteiger partial charge in [0.25, 0.3) is 0 Å². The summed E-state index contributed by atoms with van der Waals surface area (Å²) in [5.74, 6) is 1.39. The van der Waals surface area contributed by atoms with Gasteiger partial charge < -0.3 is 15.2 Å². The predicted octanol–water partition coefficient (Wildman–Crippen LogP) is 2.86. The zero-order chi connectivity index (χ0) is 15.4. The van der Waals surface area contributed by atoms with Crippen LogP contribution >= 0.6 is 11.6 Å². The quantitative estimate of drug-likeness (QED) is 0.658. The molecule has 1 aliphatic rings. The Morgan fingerprint density at radius 2 is 2.14 bits per heavy atom. The summed E-state index contributed by atoms with van der Waals surface area (Å²) in [5, 5.41) is 7.63. The van der Waals surface area contributed by atoms with Crippen LogP contribution in [0.3, 0.4) is 0 Å². The van der Waals surface area contributed by atoms with Crippen molar-refractivity contribution in [2.24, 2.45) is 4.99 Å². The smallest absolute Gasteiger partial charge is 0.191 e. The Morgan fingerprint density at radius 1 is 1.32 bits per heavy atom. The minimum Gasteiger partial charge on any atom is -0.355 e. The Morgan fingerprint density at radius 3 is 2.86 bits per heavy atom. The van der Waals surface area contributed by atoms with Gasteiger partial charge in [0.15, 0.2) is 5.96 Å². The van der Waals surface area contributed by atoms with Crippen molar-refractivity contribution in [2.45, 2.75) is 24.9 Å². The Balaban J connectivity index is 1.46. The van der Waals surface area contributed by atoms with Gasteiger partial charge in [-0.15, -0.1) is 0 Å². The summed E-state index contributed by atoms with van der Waals surface area (Å²) in [7, 11) is 1.81. The highest BCUT2D eigenvalue weighted by Crippen LogP contribution is 2.41. The summed E-state index contributed by atoms with van der Waals surface area (Å²) in [5.41, 5.74) is 1.30. The van der Waals surface area contributed by atoms with E-state index in [1.807, 2.05) is 31.3 Å². The SMILES string of the molecule is CN=C(NCCn1cccc1)NC1CC1c1cccc(Cl)c1. The van der Waals surface area contributed by atoms with E-state index in [1.54, 1.807) is 0 Å². The highest BCUT2D eigenvalue weighted by Gasteiger charge is 2.39. The van der Waals surface area contributed by atoms with Crippen LogP contribution in [-0.2, 0) is 6.54 Å². The first-order valence-electron chi connectivity index (χ1n) is 7.59. The van der Waals surface area contributed by atoms with E-state index in [-0.39, 0.29) is 0 Å². The molecule has 1 fully saturated rings. The number of aliphatic imine (C=N–C) groups is 1. The van der Waals surface area contributed by atoms with Crippen molar-refractivity contribution in [3.63, 3.8) is 0 Å². The number of nitrogens with one attached hydrogen (secondary N) is 2. The molecule has 3 rings (SSSR count). The van der Waals surface area contributed by atoms with E-state index in [0.717, 1.165) is 30.5 Å². The second-order valence-electron chi connectivity index (χ2n) is 5.57. The number of aromatic nitrogens is 1. The maximum Gasteiger partial charge on any atom is 0.191 e. The molecule has 2 aromatic rings. The standard InChI is InChI=1S/C17H21ClN4/c1-19-17(20-7-10-22-8-2-3-9-22)21-16-12-15(16)13-5-4-6-14(18)11-13/h2-6,8-9,11,15-16H,7,10,12H2,1H3,(H2,19,20,21). The lowest BCUT2D eigenvalue weighted by Gasteiger charge is -2.12. The molecule has 116 valence electrons. The van der Waals surface area contributed by atoms with Crippen molar-refractivity contribution in [1.29, 1.82) is 0 Å². The first-order valence-corrected chi connectivity index (χ1v) is 7.97. The average Bonchev–Trinajstić information content (AvgIpc) is 3.09. The highest BCUT2D eigenvalue weighted by atomic mass is 35.5. The second kappa shape index (κ2) is 6.88. The summed E-state index contributed by atoms with van der Waals surface area (Å²) in [6, 6.07) is 12.6. The monoisotopic (exact) mass is 316 g/mol. The van der Waals surface area contributed by atoms with Crippen LogP contribution in [0.5, 0.6) is 0 Å². The lowest BCUT2D eigenvalue weighted by atomic mass is 10.1. The molecule has 0 aliphatic heterocycles. The topological polar surface area (TPSA) is 41.4 Å². The van der Waals surface area contributed by atoms with Crippen molar-refractivity contribution in [3.8, 4) is 0 Å². The van der Waals surface area contributed by atoms with E-state index in [0.29, 0.717) is 12.0 Å². The van der Waals surface area contributed by atoms with Crippen LogP contribution < -0.4 is 10.6 Å². The van der Waals surface area contributed by atoms with E-state index in [4.69, 9.17) is 11.6 Å². The predicted molar refractivity (Wildman–Crippen MR) is 91.5 cm³/mol. The molecule has 0 radical (unpaired) electrons. The van der Waals surface area contributed by atoms with Crippen molar-refractivity contribution in [2.75, 3.05) is 13.6 Å². The summed E-state index contributed by atoms with van der Waals surface area (Å²) < 4.78 is 2.15. The fourth-order valence-electron chi connectivity index (χ4n) is 2.65. The number of nitrogens with zero attached hydrogens (tertiary/aromatic N) is 2. The number of benzene rings is 1. The Hall–Kier alpha value is -1.94. The van der Waals surface area contributed by atoms with E-state index in [1.165, 1.54) is 5.56 Å². The molecule has 0 saturated heterocycles. The molecule has 2 unspecified atom stereocenters. The molecular formula is C17H21ClN4. The first-order chi connectivity index (χ1) is 10.8. The van der Waals surface area contributed by atoms with Crippen molar-refractivity contribution >= 4 is 17.6 Å². The van der Waals surface area contributed by atoms with Gasteiger partial charge in [0.1, 0.15) is 0 Å². The van der Waals surface area contributed by atoms with Crippen LogP contribution in [0, 0.1) is 0 Å². The molecule has 4 nitrogen and oxygen atoms in total. The molecule has 2 N–H and O–H groups in total. The van der Waals surface area contributed by atoms with Gasteiger partial charge in [-0.25, -0.2) is 0 Å². The van der Waals surface area contributed by atoms with Gasteiger partial charge in [-0.1, -0.05) is 23.7 Å². The minimum absolute atomic E-state index is 0.441. The van der Waals surface area contributed by atoms with Gasteiger partial charge in [-0.2, -0.15) is 0 Å². The van der Waals surface area contributed by atoms with Crippen molar-refractivity contribution < 1.29 is 0 Å². The maximum absolute atomic E-state index is 6.06. The third kappa shape index (κ3) is 3.83. The summed E-state index contributed by atoms with van der Waals surface area (Å²) >= 11 is 6.06. The Kier molecular flexibility index (Phi) is 4.68. The Labute approximate surface area is 136 Å². The van der Waals surface area contributed by atoms with Gasteiger partial charge >= 0.3 is 0 Å². The zero-order valence-corrected chi connectivity index (χ0v) is 13.4. The van der Waals surface area contributed by atoms with E-state index in [9.17, 15) is 0 Å². The second-order valence-corrected chi connectivity index (χ2v) is 6.00. The van der Waals surface area contributed by atoms with Crippen LogP contribution in [0.4, 0.5) is 0 Å². The molecule has 2 atom stereocenters. The number of halogens is 1. The third-order valence-electron chi connectivity index (χ3n) is 3.94. The zero-order valence-electron chi connectivity index (χ0n) is 12.7. The van der Waals surface area contributed by atoms with Crippen LogP contribution in [0.1, 0.15) is 17.9 Å². The molecule has 1 aromatic heterocycles. The lowest BCUT2D eigenvalue weighted by molar-refractivity contribution is 0.664. The largest absolute Gasteiger partial charge is 0.355 e. The average molecular weight is 317 g/mol. The molecule has 0 amide bonds. The number of guanidine groups is 1. The van der Waals surface area contributed by atoms with E-state index >= 15 is 0 Å². The summed E-state index contributed by atoms with van der Waals surface area (Å²) in [4.78, 5) is 4.29. The van der Waals surface area contributed by atoms with Gasteiger partial charge in [-0.05, 0) is 36.2 Å². The van der Waals surface area contributed by atoms with Gasteiger partial charge in [0, 0.05) is 49.5 Å². The fourth-order valence-corrected chi connectivity index (χ4v) is 2.85. The summed E-state index contributed by atoms with van der Waals surface area (Å²) in [6.07, 6.45) is 5.25. The van der Waals surface area contributed by atoms with Crippen LogP contribution in [0.2, 0.25) is 5.02 Å². The first kappa shape index (κ1) is 15.0. The molecule has 0 spiro atoms. The van der Waals surface area contributed by atoms with E-state index in [2.05, 4.69) is 44.7 Å². The molecule has 22 heavy (non-hydrogen) atoms. The number of hydrogen-bond donors (Lipinski definition) is 2. The van der Waals surface area contributed by atoms with E-state index < -0.39 is 0 Å². The maximum atomic E-state index is 6.06. The third-order valence-corrected chi connectivity index (χ3v) is 4.18. The molecular weight excluding hydrogens is 296 g/mol.